The van der Waals surface area contributed by atoms with Crippen LogP contribution in [0, 0.1) is 20.8 Å². The number of halogens is 1. The lowest BCUT2D eigenvalue weighted by Gasteiger charge is -2.40. The van der Waals surface area contributed by atoms with E-state index in [1.54, 1.807) is 0 Å². The molecular formula is C26H39BrN4O2. The van der Waals surface area contributed by atoms with Gasteiger partial charge in [0.15, 0.2) is 0 Å². The van der Waals surface area contributed by atoms with Crippen molar-refractivity contribution in [3.63, 3.8) is 0 Å². The topological polar surface area (TPSA) is 71.6 Å². The second-order valence-corrected chi connectivity index (χ2v) is 10.5. The summed E-state index contributed by atoms with van der Waals surface area (Å²) < 4.78 is 0.948. The predicted octanol–water partition coefficient (Wildman–Crippen LogP) is 4.54. The second kappa shape index (κ2) is 11.2. The predicted molar refractivity (Wildman–Crippen MR) is 140 cm³/mol. The Labute approximate surface area is 206 Å². The highest BCUT2D eigenvalue weighted by atomic mass is 79.9. The Kier molecular flexibility index (Phi) is 8.78. The third-order valence-corrected chi connectivity index (χ3v) is 7.59. The summed E-state index contributed by atoms with van der Waals surface area (Å²) >= 11 is 3.67. The van der Waals surface area contributed by atoms with Crippen molar-refractivity contribution < 1.29 is 5.11 Å². The Hall–Kier alpha value is -1.67. The number of H-pyrrole nitrogens is 1. The molecule has 1 heterocycles. The SMILES string of the molecule is CCN(c1cc(Br)cc(C(O)NCc2c(C)cc(C)[nH]c2=O)c1C)C1CCC(N(C)C)CC1. The molecule has 0 spiro atoms. The summed E-state index contributed by atoms with van der Waals surface area (Å²) in [6.45, 7) is 9.32. The number of aryl methyl sites for hydroxylation is 2. The Bertz CT molecular complexity index is 1010. The van der Waals surface area contributed by atoms with Crippen LogP contribution in [0.15, 0.2) is 27.5 Å². The highest BCUT2D eigenvalue weighted by Crippen LogP contribution is 2.35. The van der Waals surface area contributed by atoms with E-state index in [2.05, 4.69) is 70.0 Å². The van der Waals surface area contributed by atoms with Crippen LogP contribution in [-0.4, -0.2) is 47.7 Å². The van der Waals surface area contributed by atoms with Crippen molar-refractivity contribution in [3.05, 3.63) is 61.0 Å². The summed E-state index contributed by atoms with van der Waals surface area (Å²) in [5.41, 5.74) is 5.39. The van der Waals surface area contributed by atoms with Gasteiger partial charge in [0.05, 0.1) is 0 Å². The molecule has 1 fully saturated rings. The van der Waals surface area contributed by atoms with Crippen molar-refractivity contribution >= 4 is 21.6 Å². The lowest BCUT2D eigenvalue weighted by atomic mass is 9.88. The smallest absolute Gasteiger partial charge is 0.252 e. The Morgan fingerprint density at radius 1 is 1.12 bits per heavy atom. The van der Waals surface area contributed by atoms with Crippen molar-refractivity contribution in [2.24, 2.45) is 0 Å². The molecule has 0 saturated heterocycles. The van der Waals surface area contributed by atoms with E-state index < -0.39 is 6.23 Å². The van der Waals surface area contributed by atoms with Gasteiger partial charge in [-0.15, -0.1) is 0 Å². The number of aliphatic hydroxyl groups excluding tert-OH is 1. The lowest BCUT2D eigenvalue weighted by molar-refractivity contribution is 0.136. The van der Waals surface area contributed by atoms with E-state index in [1.165, 1.54) is 31.4 Å². The summed E-state index contributed by atoms with van der Waals surface area (Å²) in [5, 5.41) is 14.2. The highest BCUT2D eigenvalue weighted by molar-refractivity contribution is 9.10. The van der Waals surface area contributed by atoms with Gasteiger partial charge in [-0.3, -0.25) is 10.1 Å². The number of nitrogens with one attached hydrogen (secondary N) is 2. The van der Waals surface area contributed by atoms with Crippen molar-refractivity contribution in [1.29, 1.82) is 0 Å². The Morgan fingerprint density at radius 2 is 1.76 bits per heavy atom. The van der Waals surface area contributed by atoms with E-state index in [1.807, 2.05) is 26.0 Å². The molecule has 1 aromatic heterocycles. The molecule has 1 atom stereocenters. The number of nitrogens with zero attached hydrogens (tertiary/aromatic N) is 2. The quantitative estimate of drug-likeness (QED) is 0.447. The number of aromatic nitrogens is 1. The van der Waals surface area contributed by atoms with Crippen LogP contribution in [0.4, 0.5) is 5.69 Å². The summed E-state index contributed by atoms with van der Waals surface area (Å²) in [4.78, 5) is 20.0. The third-order valence-electron chi connectivity index (χ3n) is 7.13. The number of benzene rings is 1. The van der Waals surface area contributed by atoms with Gasteiger partial charge in [0.2, 0.25) is 0 Å². The first-order chi connectivity index (χ1) is 15.6. The first-order valence-corrected chi connectivity index (χ1v) is 12.8. The van der Waals surface area contributed by atoms with E-state index in [0.29, 0.717) is 24.2 Å². The molecule has 0 bridgehead atoms. The van der Waals surface area contributed by atoms with Crippen LogP contribution in [0.25, 0.3) is 0 Å². The summed E-state index contributed by atoms with van der Waals surface area (Å²) in [6, 6.07) is 7.27. The molecule has 3 N–H and O–H groups in total. The number of pyridine rings is 1. The fourth-order valence-corrected chi connectivity index (χ4v) is 5.65. The highest BCUT2D eigenvalue weighted by Gasteiger charge is 2.28. The van der Waals surface area contributed by atoms with E-state index in [0.717, 1.165) is 33.4 Å². The summed E-state index contributed by atoms with van der Waals surface area (Å²) in [6.07, 6.45) is 3.90. The van der Waals surface area contributed by atoms with Crippen LogP contribution >= 0.6 is 15.9 Å². The van der Waals surface area contributed by atoms with Crippen molar-refractivity contribution in [2.45, 2.75) is 78.2 Å². The Balaban J connectivity index is 1.80. The average molecular weight is 520 g/mol. The van der Waals surface area contributed by atoms with Crippen molar-refractivity contribution in [2.75, 3.05) is 25.5 Å². The molecule has 1 aliphatic carbocycles. The molecule has 1 aromatic carbocycles. The summed E-state index contributed by atoms with van der Waals surface area (Å²) in [7, 11) is 4.35. The monoisotopic (exact) mass is 518 g/mol. The minimum absolute atomic E-state index is 0.107. The standard InChI is InChI=1S/C26H39BrN4O2/c1-7-31(21-10-8-20(9-11-21)30(5)6)24-14-19(27)13-22(18(24)4)25(32)28-15-23-16(2)12-17(3)29-26(23)33/h12-14,20-21,25,28,32H,7-11,15H2,1-6H3,(H,29,33). The number of hydrogen-bond donors (Lipinski definition) is 3. The van der Waals surface area contributed by atoms with Gasteiger partial charge in [0.1, 0.15) is 6.23 Å². The van der Waals surface area contributed by atoms with Crippen molar-refractivity contribution in [1.82, 2.24) is 15.2 Å². The minimum Gasteiger partial charge on any atom is -0.374 e. The molecule has 0 aliphatic heterocycles. The fraction of sp³-hybridized carbons (Fsp3) is 0.577. The van der Waals surface area contributed by atoms with Gasteiger partial charge in [-0.05, 0) is 96.8 Å². The third kappa shape index (κ3) is 6.07. The zero-order chi connectivity index (χ0) is 24.3. The lowest BCUT2D eigenvalue weighted by Crippen LogP contribution is -2.42. The maximum absolute atomic E-state index is 12.4. The van der Waals surface area contributed by atoms with Gasteiger partial charge in [-0.1, -0.05) is 15.9 Å². The molecule has 33 heavy (non-hydrogen) atoms. The zero-order valence-corrected chi connectivity index (χ0v) is 22.4. The van der Waals surface area contributed by atoms with Gasteiger partial charge in [0.25, 0.3) is 5.56 Å². The maximum Gasteiger partial charge on any atom is 0.252 e. The van der Waals surface area contributed by atoms with Crippen LogP contribution in [0.5, 0.6) is 0 Å². The van der Waals surface area contributed by atoms with Crippen LogP contribution < -0.4 is 15.8 Å². The average Bonchev–Trinajstić information content (AvgIpc) is 2.75. The molecule has 3 rings (SSSR count). The van der Waals surface area contributed by atoms with Crippen LogP contribution in [0.2, 0.25) is 0 Å². The number of rotatable bonds is 8. The van der Waals surface area contributed by atoms with Crippen LogP contribution in [0.1, 0.15) is 66.8 Å². The van der Waals surface area contributed by atoms with Crippen LogP contribution in [0.3, 0.4) is 0 Å². The van der Waals surface area contributed by atoms with Crippen molar-refractivity contribution in [3.8, 4) is 0 Å². The first-order valence-electron chi connectivity index (χ1n) is 12.0. The maximum atomic E-state index is 12.4. The Morgan fingerprint density at radius 3 is 2.33 bits per heavy atom. The second-order valence-electron chi connectivity index (χ2n) is 9.58. The number of aliphatic hydroxyl groups is 1. The van der Waals surface area contributed by atoms with E-state index in [-0.39, 0.29) is 5.56 Å². The fourth-order valence-electron chi connectivity index (χ4n) is 5.19. The molecule has 7 heteroatoms. The molecular weight excluding hydrogens is 480 g/mol. The van der Waals surface area contributed by atoms with Gasteiger partial charge < -0.3 is 19.9 Å². The van der Waals surface area contributed by atoms with Gasteiger partial charge in [-0.2, -0.15) is 0 Å². The van der Waals surface area contributed by atoms with Gasteiger partial charge in [0, 0.05) is 52.2 Å². The normalized spacial score (nSPS) is 19.7. The van der Waals surface area contributed by atoms with Gasteiger partial charge >= 0.3 is 0 Å². The molecule has 2 aromatic rings. The molecule has 6 nitrogen and oxygen atoms in total. The molecule has 1 saturated carbocycles. The molecule has 0 radical (unpaired) electrons. The summed E-state index contributed by atoms with van der Waals surface area (Å²) in [5.74, 6) is 0. The minimum atomic E-state index is -0.871. The number of hydrogen-bond acceptors (Lipinski definition) is 5. The zero-order valence-electron chi connectivity index (χ0n) is 20.8. The van der Waals surface area contributed by atoms with Crippen LogP contribution in [-0.2, 0) is 6.54 Å². The largest absolute Gasteiger partial charge is 0.374 e. The number of aromatic amines is 1. The van der Waals surface area contributed by atoms with Gasteiger partial charge in [-0.25, -0.2) is 0 Å². The van der Waals surface area contributed by atoms with E-state index >= 15 is 0 Å². The van der Waals surface area contributed by atoms with E-state index in [4.69, 9.17) is 0 Å². The first kappa shape index (κ1) is 25.9. The molecule has 1 unspecified atom stereocenters. The number of anilines is 1. The molecule has 1 aliphatic rings. The molecule has 182 valence electrons. The van der Waals surface area contributed by atoms with E-state index in [9.17, 15) is 9.90 Å². The molecule has 0 amide bonds.